The normalized spacial score (nSPS) is 23.1. The van der Waals surface area contributed by atoms with E-state index in [-0.39, 0.29) is 12.3 Å². The van der Waals surface area contributed by atoms with Crippen LogP contribution in [-0.2, 0) is 0 Å². The van der Waals surface area contributed by atoms with Crippen LogP contribution < -0.4 is 0 Å². The number of hydrogen-bond donors (Lipinski definition) is 0. The summed E-state index contributed by atoms with van der Waals surface area (Å²) in [6.45, 7) is 1.65. The Bertz CT molecular complexity index is 145. The zero-order chi connectivity index (χ0) is 9.90. The Balaban J connectivity index is 2.54. The summed E-state index contributed by atoms with van der Waals surface area (Å²) in [7, 11) is 0. The lowest BCUT2D eigenvalue weighted by atomic mass is 9.78. The fraction of sp³-hybridized carbons (Fsp3) is 1.00. The summed E-state index contributed by atoms with van der Waals surface area (Å²) >= 11 is 0. The Hall–Kier alpha value is -0.210. The monoisotopic (exact) mass is 194 g/mol. The van der Waals surface area contributed by atoms with E-state index >= 15 is 0 Å². The van der Waals surface area contributed by atoms with E-state index in [4.69, 9.17) is 0 Å². The van der Waals surface area contributed by atoms with Gasteiger partial charge in [-0.3, -0.25) is 0 Å². The molecule has 0 radical (unpaired) electrons. The summed E-state index contributed by atoms with van der Waals surface area (Å²) in [5, 5.41) is 0. The molecule has 0 N–H and O–H groups in total. The first-order valence-corrected chi connectivity index (χ1v) is 5.12. The van der Waals surface area contributed by atoms with Crippen LogP contribution in [0.5, 0.6) is 0 Å². The van der Waals surface area contributed by atoms with Gasteiger partial charge in [0.25, 0.3) is 0 Å². The average molecular weight is 194 g/mol. The van der Waals surface area contributed by atoms with Crippen molar-refractivity contribution in [2.24, 2.45) is 11.8 Å². The maximum absolute atomic E-state index is 12.5. The van der Waals surface area contributed by atoms with Crippen LogP contribution in [-0.4, -0.2) is 6.18 Å². The van der Waals surface area contributed by atoms with Crippen LogP contribution in [0.2, 0.25) is 0 Å². The number of alkyl halides is 3. The summed E-state index contributed by atoms with van der Waals surface area (Å²) in [4.78, 5) is 0. The molecule has 1 atom stereocenters. The van der Waals surface area contributed by atoms with Gasteiger partial charge in [-0.05, 0) is 25.2 Å². The van der Waals surface area contributed by atoms with Crippen LogP contribution in [0.25, 0.3) is 0 Å². The van der Waals surface area contributed by atoms with E-state index < -0.39 is 12.1 Å². The van der Waals surface area contributed by atoms with Crippen molar-refractivity contribution in [1.29, 1.82) is 0 Å². The smallest absolute Gasteiger partial charge is 0.171 e. The van der Waals surface area contributed by atoms with Crippen LogP contribution in [0.1, 0.15) is 45.4 Å². The molecular weight excluding hydrogens is 177 g/mol. The van der Waals surface area contributed by atoms with Gasteiger partial charge in [-0.15, -0.1) is 0 Å². The molecule has 0 bridgehead atoms. The van der Waals surface area contributed by atoms with Crippen molar-refractivity contribution in [3.8, 4) is 0 Å². The van der Waals surface area contributed by atoms with Crippen molar-refractivity contribution >= 4 is 0 Å². The highest BCUT2D eigenvalue weighted by atomic mass is 19.4. The zero-order valence-corrected chi connectivity index (χ0v) is 8.03. The molecule has 0 aromatic rings. The van der Waals surface area contributed by atoms with Gasteiger partial charge >= 0.3 is 6.18 Å². The van der Waals surface area contributed by atoms with Gasteiger partial charge in [-0.1, -0.05) is 26.2 Å². The molecule has 1 rings (SSSR count). The minimum Gasteiger partial charge on any atom is -0.171 e. The van der Waals surface area contributed by atoms with Gasteiger partial charge in [0.2, 0.25) is 0 Å². The minimum absolute atomic E-state index is 0.0984. The van der Waals surface area contributed by atoms with Gasteiger partial charge in [-0.2, -0.15) is 13.2 Å². The van der Waals surface area contributed by atoms with Crippen LogP contribution in [0.15, 0.2) is 0 Å². The summed E-state index contributed by atoms with van der Waals surface area (Å²) in [6, 6.07) is 0. The third-order valence-electron chi connectivity index (χ3n) is 3.08. The highest BCUT2D eigenvalue weighted by Crippen LogP contribution is 2.41. The van der Waals surface area contributed by atoms with Crippen molar-refractivity contribution in [3.63, 3.8) is 0 Å². The number of halogens is 3. The lowest BCUT2D eigenvalue weighted by Gasteiger charge is -2.30. The number of rotatable bonds is 2. The topological polar surface area (TPSA) is 0 Å². The predicted octanol–water partition coefficient (Wildman–Crippen LogP) is 4.16. The van der Waals surface area contributed by atoms with Crippen LogP contribution in [0.4, 0.5) is 13.2 Å². The second kappa shape index (κ2) is 4.34. The van der Waals surface area contributed by atoms with Crippen molar-refractivity contribution in [1.82, 2.24) is 0 Å². The first-order valence-electron chi connectivity index (χ1n) is 5.12. The maximum Gasteiger partial charge on any atom is 0.392 e. The third-order valence-corrected chi connectivity index (χ3v) is 3.08. The molecule has 1 fully saturated rings. The van der Waals surface area contributed by atoms with E-state index in [1.807, 2.05) is 0 Å². The van der Waals surface area contributed by atoms with Crippen LogP contribution in [0, 0.1) is 11.8 Å². The van der Waals surface area contributed by atoms with Gasteiger partial charge in [0.05, 0.1) is 5.92 Å². The minimum atomic E-state index is -3.98. The summed E-state index contributed by atoms with van der Waals surface area (Å²) in [5.41, 5.74) is 0. The zero-order valence-electron chi connectivity index (χ0n) is 8.03. The van der Waals surface area contributed by atoms with E-state index in [0.717, 1.165) is 32.1 Å². The molecule has 1 saturated carbocycles. The molecule has 0 unspecified atom stereocenters. The van der Waals surface area contributed by atoms with Crippen molar-refractivity contribution in [3.05, 3.63) is 0 Å². The summed E-state index contributed by atoms with van der Waals surface area (Å²) in [6.07, 6.45) is 0.903. The van der Waals surface area contributed by atoms with E-state index in [0.29, 0.717) is 0 Å². The quantitative estimate of drug-likeness (QED) is 0.619. The van der Waals surface area contributed by atoms with E-state index in [2.05, 4.69) is 0 Å². The summed E-state index contributed by atoms with van der Waals surface area (Å²) in [5.74, 6) is -1.15. The Morgan fingerprint density at radius 1 is 1.15 bits per heavy atom. The Labute approximate surface area is 77.5 Å². The maximum atomic E-state index is 12.5. The predicted molar refractivity (Wildman–Crippen MR) is 46.4 cm³/mol. The lowest BCUT2D eigenvalue weighted by Crippen LogP contribution is -2.31. The van der Waals surface area contributed by atoms with Gasteiger partial charge in [-0.25, -0.2) is 0 Å². The molecule has 0 aliphatic heterocycles. The lowest BCUT2D eigenvalue weighted by molar-refractivity contribution is -0.192. The largest absolute Gasteiger partial charge is 0.392 e. The molecule has 0 saturated heterocycles. The molecule has 0 amide bonds. The average Bonchev–Trinajstić information content (AvgIpc) is 2.05. The highest BCUT2D eigenvalue weighted by Gasteiger charge is 2.43. The molecule has 0 aromatic carbocycles. The van der Waals surface area contributed by atoms with E-state index in [1.165, 1.54) is 0 Å². The molecule has 0 heterocycles. The fourth-order valence-corrected chi connectivity index (χ4v) is 2.37. The molecule has 0 spiro atoms. The van der Waals surface area contributed by atoms with Crippen molar-refractivity contribution in [2.45, 2.75) is 51.6 Å². The van der Waals surface area contributed by atoms with Crippen molar-refractivity contribution < 1.29 is 13.2 Å². The van der Waals surface area contributed by atoms with Gasteiger partial charge in [0.1, 0.15) is 0 Å². The summed E-state index contributed by atoms with van der Waals surface area (Å²) < 4.78 is 37.5. The standard InChI is InChI=1S/C10H17F3/c1-2-9(10(11,12)13)8-6-4-3-5-7-8/h8-9H,2-7H2,1H3/t9-/m0/s1. The van der Waals surface area contributed by atoms with Gasteiger partial charge in [0, 0.05) is 0 Å². The molecule has 0 aromatic heterocycles. The SMILES string of the molecule is CC[C@@H](C1CCCCC1)C(F)(F)F. The van der Waals surface area contributed by atoms with E-state index in [9.17, 15) is 13.2 Å². The molecule has 0 nitrogen and oxygen atoms in total. The Morgan fingerprint density at radius 2 is 1.69 bits per heavy atom. The second-order valence-electron chi connectivity index (χ2n) is 3.95. The molecule has 78 valence electrons. The third kappa shape index (κ3) is 2.89. The first kappa shape index (κ1) is 10.9. The van der Waals surface area contributed by atoms with Gasteiger partial charge in [0.15, 0.2) is 0 Å². The molecule has 1 aliphatic rings. The molecular formula is C10H17F3. The van der Waals surface area contributed by atoms with Crippen LogP contribution >= 0.6 is 0 Å². The second-order valence-corrected chi connectivity index (χ2v) is 3.95. The molecule has 1 aliphatic carbocycles. The first-order chi connectivity index (χ1) is 6.05. The molecule has 3 heteroatoms. The van der Waals surface area contributed by atoms with Gasteiger partial charge < -0.3 is 0 Å². The fourth-order valence-electron chi connectivity index (χ4n) is 2.37. The number of hydrogen-bond acceptors (Lipinski definition) is 0. The van der Waals surface area contributed by atoms with Crippen molar-refractivity contribution in [2.75, 3.05) is 0 Å². The Kier molecular flexibility index (Phi) is 3.63. The Morgan fingerprint density at radius 3 is 2.08 bits per heavy atom. The highest BCUT2D eigenvalue weighted by molar-refractivity contribution is 4.77. The van der Waals surface area contributed by atoms with E-state index in [1.54, 1.807) is 6.92 Å². The molecule has 13 heavy (non-hydrogen) atoms. The van der Waals surface area contributed by atoms with Crippen LogP contribution in [0.3, 0.4) is 0 Å².